The summed E-state index contributed by atoms with van der Waals surface area (Å²) in [5.74, 6) is 1.24. The third kappa shape index (κ3) is 6.02. The van der Waals surface area contributed by atoms with Crippen LogP contribution in [0.1, 0.15) is 23.7 Å². The first-order valence-electron chi connectivity index (χ1n) is 9.10. The molecular weight excluding hydrogens is 398 g/mol. The monoisotopic (exact) mass is 420 g/mol. The summed E-state index contributed by atoms with van der Waals surface area (Å²) in [6.45, 7) is 2.21. The SMILES string of the molecule is CCNC(=NCc1cc(C)ccc1OC(F)F)NCc1coc(-c2cccs2)n1. The molecule has 6 nitrogen and oxygen atoms in total. The maximum absolute atomic E-state index is 12.6. The molecule has 3 rings (SSSR count). The number of halogens is 2. The van der Waals surface area contributed by atoms with Gasteiger partial charge in [0.05, 0.1) is 23.7 Å². The number of nitrogens with zero attached hydrogens (tertiary/aromatic N) is 2. The fraction of sp³-hybridized carbons (Fsp3) is 0.300. The number of aliphatic imine (C=N–C) groups is 1. The molecule has 0 amide bonds. The number of hydrogen-bond acceptors (Lipinski definition) is 5. The minimum atomic E-state index is -2.88. The molecule has 0 fully saturated rings. The van der Waals surface area contributed by atoms with Crippen LogP contribution in [0.4, 0.5) is 8.78 Å². The smallest absolute Gasteiger partial charge is 0.387 e. The Morgan fingerprint density at radius 3 is 2.90 bits per heavy atom. The highest BCUT2D eigenvalue weighted by atomic mass is 32.1. The van der Waals surface area contributed by atoms with Crippen LogP contribution in [0.15, 0.2) is 51.4 Å². The molecule has 0 aliphatic carbocycles. The van der Waals surface area contributed by atoms with Crippen LogP contribution >= 0.6 is 11.3 Å². The lowest BCUT2D eigenvalue weighted by Crippen LogP contribution is -2.36. The predicted octanol–water partition coefficient (Wildman–Crippen LogP) is 4.57. The quantitative estimate of drug-likeness (QED) is 0.413. The van der Waals surface area contributed by atoms with Crippen LogP contribution in [-0.4, -0.2) is 24.1 Å². The molecule has 0 spiro atoms. The number of nitrogens with one attached hydrogen (secondary N) is 2. The van der Waals surface area contributed by atoms with Gasteiger partial charge in [-0.3, -0.25) is 0 Å². The first-order chi connectivity index (χ1) is 14.0. The van der Waals surface area contributed by atoms with Gasteiger partial charge in [0, 0.05) is 12.1 Å². The number of aromatic nitrogens is 1. The number of aryl methyl sites for hydroxylation is 1. The summed E-state index contributed by atoms with van der Waals surface area (Å²) in [5.41, 5.74) is 2.26. The third-order valence-corrected chi connectivity index (χ3v) is 4.76. The zero-order chi connectivity index (χ0) is 20.6. The lowest BCUT2D eigenvalue weighted by Gasteiger charge is -2.12. The summed E-state index contributed by atoms with van der Waals surface area (Å²) >= 11 is 1.56. The van der Waals surface area contributed by atoms with Gasteiger partial charge in [0.1, 0.15) is 12.0 Å². The number of oxazole rings is 1. The van der Waals surface area contributed by atoms with Crippen molar-refractivity contribution in [2.75, 3.05) is 6.54 Å². The molecule has 2 heterocycles. The number of rotatable bonds is 8. The Labute approximate surface area is 171 Å². The number of ether oxygens (including phenoxy) is 1. The molecule has 0 aliphatic heterocycles. The average Bonchev–Trinajstić information content (AvgIpc) is 3.37. The Kier molecular flexibility index (Phi) is 7.18. The lowest BCUT2D eigenvalue weighted by atomic mass is 10.1. The summed E-state index contributed by atoms with van der Waals surface area (Å²) < 4.78 is 35.4. The summed E-state index contributed by atoms with van der Waals surface area (Å²) in [6.07, 6.45) is 1.60. The Bertz CT molecular complexity index is 942. The highest BCUT2D eigenvalue weighted by molar-refractivity contribution is 7.13. The van der Waals surface area contributed by atoms with Crippen molar-refractivity contribution in [2.24, 2.45) is 4.99 Å². The molecule has 0 radical (unpaired) electrons. The molecule has 29 heavy (non-hydrogen) atoms. The van der Waals surface area contributed by atoms with E-state index >= 15 is 0 Å². The number of alkyl halides is 2. The van der Waals surface area contributed by atoms with Crippen molar-refractivity contribution in [3.8, 4) is 16.5 Å². The molecule has 9 heteroatoms. The Morgan fingerprint density at radius 2 is 2.17 bits per heavy atom. The van der Waals surface area contributed by atoms with Gasteiger partial charge in [0.2, 0.25) is 5.89 Å². The van der Waals surface area contributed by atoms with E-state index in [1.807, 2.05) is 31.4 Å². The lowest BCUT2D eigenvalue weighted by molar-refractivity contribution is -0.0504. The van der Waals surface area contributed by atoms with Crippen molar-refractivity contribution in [2.45, 2.75) is 33.5 Å². The highest BCUT2D eigenvalue weighted by Crippen LogP contribution is 2.24. The summed E-state index contributed by atoms with van der Waals surface area (Å²) in [7, 11) is 0. The van der Waals surface area contributed by atoms with E-state index < -0.39 is 6.61 Å². The van der Waals surface area contributed by atoms with Gasteiger partial charge in [-0.15, -0.1) is 11.3 Å². The van der Waals surface area contributed by atoms with Crippen LogP contribution in [0.3, 0.4) is 0 Å². The van der Waals surface area contributed by atoms with E-state index in [4.69, 9.17) is 4.42 Å². The van der Waals surface area contributed by atoms with Crippen LogP contribution in [0.25, 0.3) is 10.8 Å². The van der Waals surface area contributed by atoms with Crippen LogP contribution < -0.4 is 15.4 Å². The second-order valence-electron chi connectivity index (χ2n) is 6.16. The van der Waals surface area contributed by atoms with Crippen molar-refractivity contribution >= 4 is 17.3 Å². The van der Waals surface area contributed by atoms with Gasteiger partial charge in [-0.2, -0.15) is 8.78 Å². The van der Waals surface area contributed by atoms with Crippen LogP contribution in [0, 0.1) is 6.92 Å². The number of thiophene rings is 1. The molecule has 0 atom stereocenters. The summed E-state index contributed by atoms with van der Waals surface area (Å²) in [5, 5.41) is 8.26. The van der Waals surface area contributed by atoms with Gasteiger partial charge >= 0.3 is 6.61 Å². The number of guanidine groups is 1. The first-order valence-corrected chi connectivity index (χ1v) is 9.98. The van der Waals surface area contributed by atoms with E-state index in [0.29, 0.717) is 30.5 Å². The summed E-state index contributed by atoms with van der Waals surface area (Å²) in [4.78, 5) is 9.90. The van der Waals surface area contributed by atoms with E-state index in [1.54, 1.807) is 29.7 Å². The van der Waals surface area contributed by atoms with Crippen molar-refractivity contribution in [1.82, 2.24) is 15.6 Å². The maximum Gasteiger partial charge on any atom is 0.387 e. The van der Waals surface area contributed by atoms with Gasteiger partial charge < -0.3 is 19.8 Å². The predicted molar refractivity (Wildman–Crippen MR) is 109 cm³/mol. The van der Waals surface area contributed by atoms with Gasteiger partial charge in [-0.25, -0.2) is 9.98 Å². The second-order valence-corrected chi connectivity index (χ2v) is 7.11. The third-order valence-electron chi connectivity index (χ3n) is 3.90. The van der Waals surface area contributed by atoms with Crippen molar-refractivity contribution < 1.29 is 17.9 Å². The Morgan fingerprint density at radius 1 is 1.31 bits per heavy atom. The molecule has 3 aromatic rings. The molecule has 0 aliphatic rings. The fourth-order valence-corrected chi connectivity index (χ4v) is 3.28. The molecular formula is C20H22F2N4O2S. The van der Waals surface area contributed by atoms with E-state index in [2.05, 4.69) is 25.3 Å². The zero-order valence-corrected chi connectivity index (χ0v) is 16.9. The summed E-state index contributed by atoms with van der Waals surface area (Å²) in [6, 6.07) is 8.93. The van der Waals surface area contributed by atoms with Crippen LogP contribution in [-0.2, 0) is 13.1 Å². The van der Waals surface area contributed by atoms with E-state index in [-0.39, 0.29) is 12.3 Å². The van der Waals surface area contributed by atoms with Crippen LogP contribution in [0.5, 0.6) is 5.75 Å². The zero-order valence-electron chi connectivity index (χ0n) is 16.1. The molecule has 0 unspecified atom stereocenters. The van der Waals surface area contributed by atoms with Gasteiger partial charge in [-0.1, -0.05) is 23.8 Å². The fourth-order valence-electron chi connectivity index (χ4n) is 2.62. The minimum absolute atomic E-state index is 0.127. The average molecular weight is 420 g/mol. The maximum atomic E-state index is 12.6. The largest absolute Gasteiger partial charge is 0.443 e. The van der Waals surface area contributed by atoms with Gasteiger partial charge in [0.15, 0.2) is 5.96 Å². The standard InChI is InChI=1S/C20H22F2N4O2S/c1-3-23-20(24-10-14-9-13(2)6-7-16(14)28-19(21)22)25-11-15-12-27-18(26-15)17-5-4-8-29-17/h4-9,12,19H,3,10-11H2,1-2H3,(H2,23,24,25). The van der Waals surface area contributed by atoms with Crippen molar-refractivity contribution in [3.63, 3.8) is 0 Å². The topological polar surface area (TPSA) is 71.7 Å². The van der Waals surface area contributed by atoms with Gasteiger partial charge in [-0.05, 0) is 31.4 Å². The minimum Gasteiger partial charge on any atom is -0.443 e. The molecule has 2 aromatic heterocycles. The molecule has 0 bridgehead atoms. The van der Waals surface area contributed by atoms with Crippen molar-refractivity contribution in [1.29, 1.82) is 0 Å². The molecule has 0 saturated carbocycles. The molecule has 2 N–H and O–H groups in total. The van der Waals surface area contributed by atoms with E-state index in [9.17, 15) is 8.78 Å². The molecule has 0 saturated heterocycles. The first kappa shape index (κ1) is 20.8. The Hall–Kier alpha value is -2.94. The molecule has 154 valence electrons. The van der Waals surface area contributed by atoms with E-state index in [1.165, 1.54) is 6.07 Å². The number of hydrogen-bond donors (Lipinski definition) is 2. The normalized spacial score (nSPS) is 11.7. The highest BCUT2D eigenvalue weighted by Gasteiger charge is 2.11. The van der Waals surface area contributed by atoms with Crippen LogP contribution in [0.2, 0.25) is 0 Å². The second kappa shape index (κ2) is 10.0. The van der Waals surface area contributed by atoms with Gasteiger partial charge in [0.25, 0.3) is 0 Å². The Balaban J connectivity index is 1.67. The molecule has 1 aromatic carbocycles. The van der Waals surface area contributed by atoms with E-state index in [0.717, 1.165) is 16.1 Å². The van der Waals surface area contributed by atoms with Crippen molar-refractivity contribution in [3.05, 3.63) is 58.8 Å². The number of benzene rings is 1.